The van der Waals surface area contributed by atoms with Crippen molar-refractivity contribution in [1.29, 1.82) is 0 Å². The summed E-state index contributed by atoms with van der Waals surface area (Å²) in [5, 5.41) is 22.7. The maximum atomic E-state index is 13.8. The van der Waals surface area contributed by atoms with E-state index in [-0.39, 0.29) is 28.4 Å². The molecule has 1 aromatic heterocycles. The van der Waals surface area contributed by atoms with Crippen LogP contribution in [0.5, 0.6) is 17.2 Å². The third-order valence-electron chi connectivity index (χ3n) is 6.07. The number of rotatable bonds is 6. The van der Waals surface area contributed by atoms with Gasteiger partial charge < -0.3 is 24.1 Å². The number of phenols is 1. The summed E-state index contributed by atoms with van der Waals surface area (Å²) in [5.74, 6) is -2.09. The highest BCUT2D eigenvalue weighted by atomic mass is 35.5. The number of nitrogens with zero attached hydrogens (tertiary/aromatic N) is 1. The molecule has 37 heavy (non-hydrogen) atoms. The number of ketones is 1. The lowest BCUT2D eigenvalue weighted by Crippen LogP contribution is -2.31. The van der Waals surface area contributed by atoms with Gasteiger partial charge in [-0.25, -0.2) is 0 Å². The molecule has 1 aliphatic rings. The van der Waals surface area contributed by atoms with Crippen LogP contribution in [0.15, 0.2) is 76.4 Å². The van der Waals surface area contributed by atoms with Crippen LogP contribution in [0.1, 0.15) is 22.2 Å². The quantitative estimate of drug-likeness (QED) is 0.279. The molecule has 0 spiro atoms. The number of carbonyl (C=O) groups is 2. The van der Waals surface area contributed by atoms with E-state index in [0.29, 0.717) is 32.4 Å². The zero-order chi connectivity index (χ0) is 26.4. The fraction of sp³-hybridized carbons (Fsp3) is 0.111. The molecule has 1 amide bonds. The predicted molar refractivity (Wildman–Crippen MR) is 138 cm³/mol. The summed E-state index contributed by atoms with van der Waals surface area (Å²) >= 11 is 12.2. The van der Waals surface area contributed by atoms with Gasteiger partial charge in [0.25, 0.3) is 5.91 Å². The molecule has 188 valence electrons. The summed E-state index contributed by atoms with van der Waals surface area (Å²) in [7, 11) is 2.84. The molecular weight excluding hydrogens is 521 g/mol. The Balaban J connectivity index is 1.68. The summed E-state index contributed by atoms with van der Waals surface area (Å²) in [5.41, 5.74) is 0.786. The minimum absolute atomic E-state index is 0.134. The number of phenolic OH excluding ortho intramolecular Hbond substituents is 1. The van der Waals surface area contributed by atoms with Gasteiger partial charge in [0.15, 0.2) is 34.4 Å². The Morgan fingerprint density at radius 3 is 2.27 bits per heavy atom. The largest absolute Gasteiger partial charge is 0.504 e. The van der Waals surface area contributed by atoms with Crippen molar-refractivity contribution in [3.05, 3.63) is 93.4 Å². The molecule has 10 heteroatoms. The molecule has 0 bridgehead atoms. The highest BCUT2D eigenvalue weighted by Crippen LogP contribution is 2.44. The van der Waals surface area contributed by atoms with E-state index in [1.807, 2.05) is 0 Å². The van der Waals surface area contributed by atoms with E-state index in [2.05, 4.69) is 0 Å². The van der Waals surface area contributed by atoms with Gasteiger partial charge in [0.05, 0.1) is 25.8 Å². The van der Waals surface area contributed by atoms with Gasteiger partial charge in [0.1, 0.15) is 0 Å². The molecule has 0 saturated carbocycles. The van der Waals surface area contributed by atoms with Crippen LogP contribution in [0, 0.1) is 0 Å². The first-order valence-electron chi connectivity index (χ1n) is 10.9. The number of methoxy groups -OCH3 is 2. The van der Waals surface area contributed by atoms with Crippen molar-refractivity contribution < 1.29 is 33.7 Å². The van der Waals surface area contributed by atoms with E-state index in [1.165, 1.54) is 37.3 Å². The van der Waals surface area contributed by atoms with Crippen molar-refractivity contribution in [2.75, 3.05) is 19.1 Å². The molecule has 4 aromatic rings. The molecule has 0 radical (unpaired) electrons. The van der Waals surface area contributed by atoms with Gasteiger partial charge >= 0.3 is 0 Å². The number of hydrogen-bond donors (Lipinski definition) is 2. The number of anilines is 1. The van der Waals surface area contributed by atoms with Crippen LogP contribution < -0.4 is 14.4 Å². The number of halogens is 2. The van der Waals surface area contributed by atoms with Gasteiger partial charge in [-0.1, -0.05) is 29.3 Å². The van der Waals surface area contributed by atoms with Crippen molar-refractivity contribution in [2.24, 2.45) is 0 Å². The molecule has 1 atom stereocenters. The Morgan fingerprint density at radius 1 is 0.919 bits per heavy atom. The van der Waals surface area contributed by atoms with Gasteiger partial charge in [-0.05, 0) is 54.1 Å². The van der Waals surface area contributed by atoms with E-state index in [1.54, 1.807) is 42.5 Å². The highest BCUT2D eigenvalue weighted by molar-refractivity contribution is 6.31. The number of aromatic hydroxyl groups is 1. The summed E-state index contributed by atoms with van der Waals surface area (Å²) in [6.45, 7) is 0. The standard InChI is InChI=1S/C27H19Cl2NO7/c1-35-19-8-3-13(10-18(19)31)23-22(25(33)27(34)30(23)17-6-4-15(28)5-7-17)24(32)20-11-14-9-16(29)12-21(36-2)26(14)37-20/h3-12,23,31,33H,1-2H3. The van der Waals surface area contributed by atoms with Crippen LogP contribution in [0.3, 0.4) is 0 Å². The van der Waals surface area contributed by atoms with Gasteiger partial charge in [0.2, 0.25) is 5.78 Å². The summed E-state index contributed by atoms with van der Waals surface area (Å²) in [4.78, 5) is 28.4. The van der Waals surface area contributed by atoms with E-state index >= 15 is 0 Å². The van der Waals surface area contributed by atoms with Crippen LogP contribution in [0.25, 0.3) is 11.0 Å². The van der Waals surface area contributed by atoms with Crippen molar-refractivity contribution in [3.8, 4) is 17.2 Å². The number of fused-ring (bicyclic) bond motifs is 1. The Morgan fingerprint density at radius 2 is 1.62 bits per heavy atom. The second kappa shape index (κ2) is 9.38. The lowest BCUT2D eigenvalue weighted by molar-refractivity contribution is -0.117. The maximum absolute atomic E-state index is 13.8. The third-order valence-corrected chi connectivity index (χ3v) is 6.54. The highest BCUT2D eigenvalue weighted by Gasteiger charge is 2.45. The molecular formula is C27H19Cl2NO7. The molecule has 1 unspecified atom stereocenters. The molecule has 3 aromatic carbocycles. The topological polar surface area (TPSA) is 109 Å². The lowest BCUT2D eigenvalue weighted by atomic mass is 9.94. The van der Waals surface area contributed by atoms with Crippen LogP contribution in [-0.4, -0.2) is 36.1 Å². The van der Waals surface area contributed by atoms with E-state index in [0.717, 1.165) is 0 Å². The van der Waals surface area contributed by atoms with E-state index < -0.39 is 23.5 Å². The first kappa shape index (κ1) is 24.5. The zero-order valence-corrected chi connectivity index (χ0v) is 21.0. The normalized spacial score (nSPS) is 15.5. The van der Waals surface area contributed by atoms with Crippen LogP contribution in [-0.2, 0) is 4.79 Å². The fourth-order valence-corrected chi connectivity index (χ4v) is 4.72. The number of benzene rings is 3. The van der Waals surface area contributed by atoms with Crippen molar-refractivity contribution in [3.63, 3.8) is 0 Å². The second-order valence-corrected chi connectivity index (χ2v) is 9.09. The minimum Gasteiger partial charge on any atom is -0.504 e. The first-order valence-corrected chi connectivity index (χ1v) is 11.7. The number of ether oxygens (including phenoxy) is 2. The summed E-state index contributed by atoms with van der Waals surface area (Å²) < 4.78 is 16.2. The van der Waals surface area contributed by atoms with Crippen molar-refractivity contribution >= 4 is 51.5 Å². The zero-order valence-electron chi connectivity index (χ0n) is 19.5. The molecule has 0 fully saturated rings. The number of hydrogen-bond acceptors (Lipinski definition) is 7. The number of furan rings is 1. The van der Waals surface area contributed by atoms with Crippen LogP contribution in [0.2, 0.25) is 10.0 Å². The molecule has 0 aliphatic carbocycles. The van der Waals surface area contributed by atoms with Crippen molar-refractivity contribution in [1.82, 2.24) is 0 Å². The number of amides is 1. The molecule has 5 rings (SSSR count). The Kier molecular flexibility index (Phi) is 6.23. The van der Waals surface area contributed by atoms with Crippen LogP contribution >= 0.6 is 23.2 Å². The first-order chi connectivity index (χ1) is 17.7. The van der Waals surface area contributed by atoms with Crippen LogP contribution in [0.4, 0.5) is 5.69 Å². The smallest absolute Gasteiger partial charge is 0.294 e. The molecule has 2 N–H and O–H groups in total. The Bertz CT molecular complexity index is 1590. The van der Waals surface area contributed by atoms with Gasteiger partial charge in [-0.15, -0.1) is 0 Å². The summed E-state index contributed by atoms with van der Waals surface area (Å²) in [6, 6.07) is 14.3. The van der Waals surface area contributed by atoms with Gasteiger partial charge in [-0.3, -0.25) is 14.5 Å². The predicted octanol–water partition coefficient (Wildman–Crippen LogP) is 6.25. The van der Waals surface area contributed by atoms with E-state index in [4.69, 9.17) is 37.1 Å². The summed E-state index contributed by atoms with van der Waals surface area (Å²) in [6.07, 6.45) is 0. The SMILES string of the molecule is COc1ccc(C2C(C(=O)c3cc4cc(Cl)cc(OC)c4o3)=C(O)C(=O)N2c2ccc(Cl)cc2)cc1O. The number of aliphatic hydroxyl groups is 1. The Labute approximate surface area is 220 Å². The number of Topliss-reactive ketones (excluding diaryl/α,β-unsaturated/α-hetero) is 1. The maximum Gasteiger partial charge on any atom is 0.294 e. The Hall–Kier alpha value is -4.14. The average molecular weight is 540 g/mol. The third kappa shape index (κ3) is 4.14. The van der Waals surface area contributed by atoms with Gasteiger partial charge in [-0.2, -0.15) is 0 Å². The van der Waals surface area contributed by atoms with Crippen molar-refractivity contribution in [2.45, 2.75) is 6.04 Å². The average Bonchev–Trinajstić information content (AvgIpc) is 3.42. The molecule has 8 nitrogen and oxygen atoms in total. The molecule has 0 saturated heterocycles. The second-order valence-electron chi connectivity index (χ2n) is 8.21. The van der Waals surface area contributed by atoms with Gasteiger partial charge in [0, 0.05) is 27.2 Å². The fourth-order valence-electron chi connectivity index (χ4n) is 4.38. The lowest BCUT2D eigenvalue weighted by Gasteiger charge is -2.27. The minimum atomic E-state index is -1.10. The number of carbonyl (C=O) groups excluding carboxylic acids is 2. The molecule has 1 aliphatic heterocycles. The monoisotopic (exact) mass is 539 g/mol. The number of aliphatic hydroxyl groups excluding tert-OH is 1. The molecule has 2 heterocycles. The van der Waals surface area contributed by atoms with E-state index in [9.17, 15) is 19.8 Å².